The Hall–Kier alpha value is 0.576. The van der Waals surface area contributed by atoms with E-state index in [1.807, 2.05) is 0.164 Å². The molecular formula is C5H7KN2O. The summed E-state index contributed by atoms with van der Waals surface area (Å²) in [6, 6.07) is 1.66. The van der Waals surface area contributed by atoms with Crippen LogP contribution in [0.1, 0.15) is 13.8 Å². The van der Waals surface area contributed by atoms with Gasteiger partial charge in [0, 0.05) is 0 Å². The molecule has 0 aromatic heterocycles. The third-order valence-electron chi connectivity index (χ3n) is 0.274. The van der Waals surface area contributed by atoms with Gasteiger partial charge in [-0.25, -0.2) is 0 Å². The molecule has 0 atom stereocenters. The van der Waals surface area contributed by atoms with Crippen LogP contribution < -0.4 is 0 Å². The molecule has 44 valence electrons. The number of hydrogen-bond acceptors (Lipinski definition) is 3. The monoisotopic (exact) mass is 150 g/mol. The first-order valence-corrected chi connectivity index (χ1v) is 3.98. The van der Waals surface area contributed by atoms with E-state index in [1.165, 1.54) is 13.8 Å². The van der Waals surface area contributed by atoms with E-state index in [-0.39, 0.29) is 0 Å². The summed E-state index contributed by atoms with van der Waals surface area (Å²) < 4.78 is 1.94. The van der Waals surface area contributed by atoms with Gasteiger partial charge in [0.1, 0.15) is 5.60 Å². The summed E-state index contributed by atoms with van der Waals surface area (Å²) in [6.45, 7) is 2.88. The van der Waals surface area contributed by atoms with Crippen LogP contribution in [-0.4, -0.2) is 59.7 Å². The molecule has 0 fully saturated rings. The molecule has 0 rings (SSSR count). The van der Waals surface area contributed by atoms with Crippen LogP contribution in [0.15, 0.2) is 0 Å². The second-order valence-electron chi connectivity index (χ2n) is 1.89. The van der Waals surface area contributed by atoms with E-state index in [2.05, 4.69) is 0 Å². The minimum atomic E-state index is -1.15. The molecule has 0 radical (unpaired) electrons. The summed E-state index contributed by atoms with van der Waals surface area (Å²) >= 11 is 0.410. The van der Waals surface area contributed by atoms with Crippen molar-refractivity contribution < 1.29 is 5.11 Å². The van der Waals surface area contributed by atoms with E-state index in [0.29, 0.717) is 49.0 Å². The minimum absolute atomic E-state index is 0.410. The van der Waals surface area contributed by atoms with E-state index in [9.17, 15) is 0 Å². The van der Waals surface area contributed by atoms with Gasteiger partial charge in [-0.05, 0) is 13.8 Å². The van der Waals surface area contributed by atoms with Gasteiger partial charge >= 0.3 is 54.4 Å². The Kier molecular flexibility index (Phi) is 9.13. The Balaban J connectivity index is 0. The molecule has 0 saturated carbocycles. The molecule has 9 heavy (non-hydrogen) atoms. The van der Waals surface area contributed by atoms with Crippen molar-refractivity contribution in [3.05, 3.63) is 0 Å². The van der Waals surface area contributed by atoms with Gasteiger partial charge in [0.15, 0.2) is 0 Å². The SMILES string of the molecule is CC(C)(O)C#N.N#[C][K]. The molecule has 3 nitrogen and oxygen atoms in total. The Morgan fingerprint density at radius 2 is 1.56 bits per heavy atom. The number of nitriles is 2. The van der Waals surface area contributed by atoms with E-state index in [4.69, 9.17) is 15.6 Å². The van der Waals surface area contributed by atoms with Gasteiger partial charge in [0.05, 0.1) is 6.07 Å². The first-order valence-electron chi connectivity index (χ1n) is 2.42. The second kappa shape index (κ2) is 6.69. The van der Waals surface area contributed by atoms with Gasteiger partial charge in [0.2, 0.25) is 0 Å². The molecule has 0 spiro atoms. The molecular weight excluding hydrogens is 143 g/mol. The van der Waals surface area contributed by atoms with Crippen LogP contribution in [0.3, 0.4) is 0 Å². The quantitative estimate of drug-likeness (QED) is 0.388. The third-order valence-corrected chi connectivity index (χ3v) is 0.274. The summed E-state index contributed by atoms with van der Waals surface area (Å²) in [7, 11) is 0. The maximum absolute atomic E-state index is 8.47. The zero-order valence-electron chi connectivity index (χ0n) is 5.84. The van der Waals surface area contributed by atoms with Crippen LogP contribution in [0.25, 0.3) is 0 Å². The normalized spacial score (nSPS) is 7.89. The Bertz CT molecular complexity index is 137. The fraction of sp³-hybridized carbons (Fsp3) is 0.600. The van der Waals surface area contributed by atoms with Crippen molar-refractivity contribution in [2.45, 2.75) is 19.4 Å². The van der Waals surface area contributed by atoms with Gasteiger partial charge < -0.3 is 5.11 Å². The van der Waals surface area contributed by atoms with Crippen LogP contribution in [0, 0.1) is 16.8 Å². The van der Waals surface area contributed by atoms with Crippen LogP contribution in [-0.2, 0) is 0 Å². The summed E-state index contributed by atoms with van der Waals surface area (Å²) in [5, 5.41) is 23.8. The molecule has 0 unspecified atom stereocenters. The fourth-order valence-corrected chi connectivity index (χ4v) is 0. The zero-order chi connectivity index (χ0) is 7.91. The first kappa shape index (κ1) is 12.3. The first-order chi connectivity index (χ1) is 3.97. The van der Waals surface area contributed by atoms with E-state index < -0.39 is 5.60 Å². The molecule has 0 saturated heterocycles. The van der Waals surface area contributed by atoms with Crippen molar-refractivity contribution >= 4 is 49.0 Å². The zero-order valence-corrected chi connectivity index (χ0v) is 8.96. The molecule has 0 aliphatic carbocycles. The summed E-state index contributed by atoms with van der Waals surface area (Å²) in [6.07, 6.45) is 0. The van der Waals surface area contributed by atoms with Gasteiger partial charge in [-0.15, -0.1) is 0 Å². The van der Waals surface area contributed by atoms with Gasteiger partial charge in [-0.3, -0.25) is 0 Å². The van der Waals surface area contributed by atoms with Crippen molar-refractivity contribution in [3.8, 4) is 6.23 Å². The molecule has 0 bridgehead atoms. The molecule has 0 aliphatic rings. The van der Waals surface area contributed by atoms with E-state index in [0.717, 1.165) is 0 Å². The predicted octanol–water partition coefficient (Wildman–Crippen LogP) is -0.0831. The van der Waals surface area contributed by atoms with Gasteiger partial charge in [0.25, 0.3) is 0 Å². The molecule has 4 heteroatoms. The molecule has 0 heterocycles. The molecule has 1 N–H and O–H groups in total. The van der Waals surface area contributed by atoms with Crippen molar-refractivity contribution in [1.29, 1.82) is 10.5 Å². The Labute approximate surface area is 88.9 Å². The van der Waals surface area contributed by atoms with Crippen molar-refractivity contribution in [3.63, 3.8) is 0 Å². The number of aliphatic hydroxyl groups is 1. The van der Waals surface area contributed by atoms with Crippen LogP contribution in [0.5, 0.6) is 0 Å². The number of rotatable bonds is 0. The second-order valence-corrected chi connectivity index (χ2v) is 2.59. The molecule has 0 aromatic carbocycles. The summed E-state index contributed by atoms with van der Waals surface area (Å²) in [4.78, 5) is 0. The molecule has 0 aliphatic heterocycles. The number of nitrogens with zero attached hydrogens (tertiary/aromatic N) is 2. The molecule has 0 amide bonds. The van der Waals surface area contributed by atoms with Crippen LogP contribution in [0.4, 0.5) is 0 Å². The molecule has 0 aromatic rings. The number of hydrogen-bond donors (Lipinski definition) is 1. The average molecular weight is 150 g/mol. The maximum atomic E-state index is 8.47. The van der Waals surface area contributed by atoms with E-state index in [1.54, 1.807) is 6.07 Å². The van der Waals surface area contributed by atoms with Gasteiger partial charge in [-0.2, -0.15) is 5.26 Å². The van der Waals surface area contributed by atoms with E-state index >= 15 is 0 Å². The summed E-state index contributed by atoms with van der Waals surface area (Å²) in [5.41, 5.74) is -1.15. The van der Waals surface area contributed by atoms with Crippen molar-refractivity contribution in [2.75, 3.05) is 0 Å². The summed E-state index contributed by atoms with van der Waals surface area (Å²) in [5.74, 6) is 0. The predicted molar refractivity (Wildman–Crippen MR) is 33.3 cm³/mol. The Morgan fingerprint density at radius 1 is 1.44 bits per heavy atom. The van der Waals surface area contributed by atoms with Gasteiger partial charge in [-0.1, -0.05) is 0 Å². The standard InChI is InChI=1S/C4H7NO.CN.K/c1-4(2,6)3-5;1-2;/h6H,1-2H3;;. The van der Waals surface area contributed by atoms with Crippen LogP contribution in [0.2, 0.25) is 0 Å². The topological polar surface area (TPSA) is 67.8 Å². The Morgan fingerprint density at radius 3 is 1.56 bits per heavy atom. The third kappa shape index (κ3) is 29.0. The average Bonchev–Trinajstić information content (AvgIpc) is 1.67. The van der Waals surface area contributed by atoms with Crippen molar-refractivity contribution in [2.24, 2.45) is 0 Å². The van der Waals surface area contributed by atoms with Crippen molar-refractivity contribution in [1.82, 2.24) is 0 Å². The fourth-order valence-electron chi connectivity index (χ4n) is 0. The van der Waals surface area contributed by atoms with Crippen LogP contribution >= 0.6 is 0 Å².